The molecule has 2 aromatic carbocycles. The van der Waals surface area contributed by atoms with E-state index in [1.165, 1.54) is 12.1 Å². The van der Waals surface area contributed by atoms with E-state index in [0.29, 0.717) is 12.2 Å². The second-order valence-electron chi connectivity index (χ2n) is 8.49. The minimum absolute atomic E-state index is 0.0336. The number of benzene rings is 2. The quantitative estimate of drug-likeness (QED) is 0.497. The molecule has 1 aliphatic heterocycles. The number of amides is 1. The van der Waals surface area contributed by atoms with Gasteiger partial charge in [0.1, 0.15) is 11.6 Å². The van der Waals surface area contributed by atoms with Gasteiger partial charge in [0.15, 0.2) is 0 Å². The van der Waals surface area contributed by atoms with Gasteiger partial charge in [-0.2, -0.15) is 0 Å². The normalized spacial score (nSPS) is 14.5. The first-order valence-electron chi connectivity index (χ1n) is 11.3. The summed E-state index contributed by atoms with van der Waals surface area (Å²) in [6, 6.07) is 15.0. The van der Waals surface area contributed by atoms with E-state index < -0.39 is 15.8 Å². The molecular formula is C25H28FN5O3S. The predicted octanol–water partition coefficient (Wildman–Crippen LogP) is 2.63. The molecule has 4 rings (SSSR count). The van der Waals surface area contributed by atoms with Gasteiger partial charge in [-0.15, -0.1) is 0 Å². The van der Waals surface area contributed by atoms with Crippen LogP contribution in [0.2, 0.25) is 0 Å². The van der Waals surface area contributed by atoms with Gasteiger partial charge < -0.3 is 15.1 Å². The van der Waals surface area contributed by atoms with Crippen molar-refractivity contribution in [3.05, 3.63) is 83.8 Å². The fraction of sp³-hybridized carbons (Fsp3) is 0.280. The third kappa shape index (κ3) is 6.55. The van der Waals surface area contributed by atoms with E-state index in [4.69, 9.17) is 0 Å². The molecule has 1 saturated heterocycles. The summed E-state index contributed by atoms with van der Waals surface area (Å²) < 4.78 is 40.4. The maximum absolute atomic E-state index is 13.1. The van der Waals surface area contributed by atoms with Crippen molar-refractivity contribution >= 4 is 27.4 Å². The molecule has 1 fully saturated rings. The molecule has 0 bridgehead atoms. The lowest BCUT2D eigenvalue weighted by atomic mass is 10.1. The number of likely N-dealkylation sites (N-methyl/N-ethyl adjacent to an activating group) is 1. The van der Waals surface area contributed by atoms with Crippen LogP contribution in [-0.4, -0.2) is 57.4 Å². The number of halogens is 1. The van der Waals surface area contributed by atoms with Gasteiger partial charge in [-0.05, 0) is 55.1 Å². The summed E-state index contributed by atoms with van der Waals surface area (Å²) >= 11 is 0. The number of pyridine rings is 1. The van der Waals surface area contributed by atoms with E-state index in [-0.39, 0.29) is 17.2 Å². The Hall–Kier alpha value is -3.50. The van der Waals surface area contributed by atoms with Crippen molar-refractivity contribution in [3.8, 4) is 0 Å². The van der Waals surface area contributed by atoms with Crippen LogP contribution in [0.15, 0.2) is 71.8 Å². The van der Waals surface area contributed by atoms with Crippen LogP contribution in [0.4, 0.5) is 15.9 Å². The molecule has 0 unspecified atom stereocenters. The molecule has 2 N–H and O–H groups in total. The van der Waals surface area contributed by atoms with E-state index in [0.717, 1.165) is 55.3 Å². The van der Waals surface area contributed by atoms with E-state index in [2.05, 4.69) is 31.9 Å². The summed E-state index contributed by atoms with van der Waals surface area (Å²) in [5, 5.41) is 2.96. The molecule has 0 spiro atoms. The molecule has 10 heteroatoms. The summed E-state index contributed by atoms with van der Waals surface area (Å²) in [5.74, 6) is 0.252. The molecule has 0 radical (unpaired) electrons. The summed E-state index contributed by atoms with van der Waals surface area (Å²) in [5.41, 5.74) is 2.07. The number of hydrogen-bond donors (Lipinski definition) is 2. The Morgan fingerprint density at radius 3 is 2.37 bits per heavy atom. The Bertz CT molecular complexity index is 1260. The molecular weight excluding hydrogens is 469 g/mol. The van der Waals surface area contributed by atoms with Crippen molar-refractivity contribution in [2.24, 2.45) is 0 Å². The lowest BCUT2D eigenvalue weighted by molar-refractivity contribution is -0.120. The van der Waals surface area contributed by atoms with Gasteiger partial charge in [0, 0.05) is 50.2 Å². The van der Waals surface area contributed by atoms with Crippen LogP contribution in [0.1, 0.15) is 11.1 Å². The summed E-state index contributed by atoms with van der Waals surface area (Å²) in [6.07, 6.45) is 1.93. The second-order valence-corrected chi connectivity index (χ2v) is 10.2. The largest absolute Gasteiger partial charge is 0.354 e. The van der Waals surface area contributed by atoms with Crippen LogP contribution in [0.5, 0.6) is 0 Å². The number of anilines is 2. The highest BCUT2D eigenvalue weighted by atomic mass is 32.2. The molecule has 0 aliphatic carbocycles. The standard InChI is InChI=1S/C25H28FN5O3S/c1-30-13-15-31(16-14-30)25-20(3-2-12-27-25)18-28-24(32)17-19-4-8-22(9-5-19)29-35(33,34)23-10-6-21(26)7-11-23/h2-12,29H,13-18H2,1H3,(H,28,32). The Labute approximate surface area is 204 Å². The first-order chi connectivity index (χ1) is 16.8. The molecule has 0 atom stereocenters. The third-order valence-electron chi connectivity index (χ3n) is 5.84. The van der Waals surface area contributed by atoms with Gasteiger partial charge in [-0.3, -0.25) is 9.52 Å². The Morgan fingerprint density at radius 2 is 1.69 bits per heavy atom. The number of nitrogens with zero attached hydrogens (tertiary/aromatic N) is 3. The number of aromatic nitrogens is 1. The van der Waals surface area contributed by atoms with Crippen molar-refractivity contribution < 1.29 is 17.6 Å². The van der Waals surface area contributed by atoms with Crippen molar-refractivity contribution in [3.63, 3.8) is 0 Å². The van der Waals surface area contributed by atoms with Crippen molar-refractivity contribution in [1.29, 1.82) is 0 Å². The van der Waals surface area contributed by atoms with Crippen LogP contribution in [-0.2, 0) is 27.8 Å². The van der Waals surface area contributed by atoms with E-state index in [1.54, 1.807) is 30.5 Å². The highest BCUT2D eigenvalue weighted by Gasteiger charge is 2.18. The molecule has 3 aromatic rings. The van der Waals surface area contributed by atoms with Gasteiger partial charge >= 0.3 is 0 Å². The molecule has 1 aliphatic rings. The van der Waals surface area contributed by atoms with Crippen molar-refractivity contribution in [2.75, 3.05) is 42.8 Å². The minimum atomic E-state index is -3.83. The predicted molar refractivity (Wildman–Crippen MR) is 133 cm³/mol. The highest BCUT2D eigenvalue weighted by molar-refractivity contribution is 7.92. The summed E-state index contributed by atoms with van der Waals surface area (Å²) in [7, 11) is -1.73. The van der Waals surface area contributed by atoms with Gasteiger partial charge in [0.05, 0.1) is 11.3 Å². The number of carbonyl (C=O) groups is 1. The minimum Gasteiger partial charge on any atom is -0.354 e. The van der Waals surface area contributed by atoms with Crippen molar-refractivity contribution in [2.45, 2.75) is 17.9 Å². The lowest BCUT2D eigenvalue weighted by Gasteiger charge is -2.34. The van der Waals surface area contributed by atoms with Gasteiger partial charge in [0.25, 0.3) is 10.0 Å². The van der Waals surface area contributed by atoms with Crippen LogP contribution < -0.4 is 14.9 Å². The zero-order valence-electron chi connectivity index (χ0n) is 19.4. The maximum Gasteiger partial charge on any atom is 0.261 e. The van der Waals surface area contributed by atoms with Crippen LogP contribution >= 0.6 is 0 Å². The third-order valence-corrected chi connectivity index (χ3v) is 7.24. The fourth-order valence-corrected chi connectivity index (χ4v) is 4.89. The van der Waals surface area contributed by atoms with E-state index in [9.17, 15) is 17.6 Å². The molecule has 184 valence electrons. The maximum atomic E-state index is 13.1. The zero-order chi connectivity index (χ0) is 24.8. The van der Waals surface area contributed by atoms with E-state index in [1.807, 2.05) is 12.1 Å². The average molecular weight is 498 g/mol. The molecule has 35 heavy (non-hydrogen) atoms. The Kier molecular flexibility index (Phi) is 7.62. The van der Waals surface area contributed by atoms with Gasteiger partial charge in [0.2, 0.25) is 5.91 Å². The highest BCUT2D eigenvalue weighted by Crippen LogP contribution is 2.19. The van der Waals surface area contributed by atoms with Gasteiger partial charge in [-0.1, -0.05) is 18.2 Å². The molecule has 1 amide bonds. The monoisotopic (exact) mass is 497 g/mol. The number of hydrogen-bond acceptors (Lipinski definition) is 6. The van der Waals surface area contributed by atoms with Crippen molar-refractivity contribution in [1.82, 2.24) is 15.2 Å². The van der Waals surface area contributed by atoms with Crippen LogP contribution in [0.25, 0.3) is 0 Å². The average Bonchev–Trinajstić information content (AvgIpc) is 2.85. The smallest absolute Gasteiger partial charge is 0.261 e. The number of rotatable bonds is 8. The summed E-state index contributed by atoms with van der Waals surface area (Å²) in [6.45, 7) is 4.11. The molecule has 0 saturated carbocycles. The number of carbonyl (C=O) groups excluding carboxylic acids is 1. The number of nitrogens with one attached hydrogen (secondary N) is 2. The molecule has 8 nitrogen and oxygen atoms in total. The molecule has 1 aromatic heterocycles. The fourth-order valence-electron chi connectivity index (χ4n) is 3.83. The Morgan fingerprint density at radius 1 is 1.00 bits per heavy atom. The Balaban J connectivity index is 1.32. The van der Waals surface area contributed by atoms with Gasteiger partial charge in [-0.25, -0.2) is 17.8 Å². The first kappa shape index (κ1) is 24.6. The van der Waals surface area contributed by atoms with Crippen LogP contribution in [0.3, 0.4) is 0 Å². The van der Waals surface area contributed by atoms with Crippen LogP contribution in [0, 0.1) is 5.82 Å². The summed E-state index contributed by atoms with van der Waals surface area (Å²) in [4.78, 5) is 21.6. The SMILES string of the molecule is CN1CCN(c2ncccc2CNC(=O)Cc2ccc(NS(=O)(=O)c3ccc(F)cc3)cc2)CC1. The zero-order valence-corrected chi connectivity index (χ0v) is 20.3. The number of piperazine rings is 1. The topological polar surface area (TPSA) is 94.6 Å². The number of sulfonamides is 1. The molecule has 2 heterocycles. The first-order valence-corrected chi connectivity index (χ1v) is 12.8. The second kappa shape index (κ2) is 10.8. The lowest BCUT2D eigenvalue weighted by Crippen LogP contribution is -2.45. The van der Waals surface area contributed by atoms with E-state index >= 15 is 0 Å².